The van der Waals surface area contributed by atoms with Gasteiger partial charge in [0.15, 0.2) is 11.6 Å². The minimum atomic E-state index is -0.806. The van der Waals surface area contributed by atoms with Gasteiger partial charge in [-0.05, 0) is 42.7 Å². The Morgan fingerprint density at radius 2 is 2.10 bits per heavy atom. The van der Waals surface area contributed by atoms with Crippen molar-refractivity contribution in [2.24, 2.45) is 0 Å². The maximum absolute atomic E-state index is 13.4. The van der Waals surface area contributed by atoms with Crippen LogP contribution in [-0.2, 0) is 4.74 Å². The van der Waals surface area contributed by atoms with E-state index in [1.54, 1.807) is 6.07 Å². The van der Waals surface area contributed by atoms with E-state index in [0.29, 0.717) is 12.6 Å². The normalized spacial score (nSPS) is 30.6. The first kappa shape index (κ1) is 14.3. The molecule has 3 atom stereocenters. The van der Waals surface area contributed by atoms with Crippen LogP contribution in [0.5, 0.6) is 0 Å². The highest BCUT2D eigenvalue weighted by Crippen LogP contribution is 2.31. The number of halogens is 2. The second kappa shape index (κ2) is 6.41. The summed E-state index contributed by atoms with van der Waals surface area (Å²) in [5.74, 6) is 0.761. The van der Waals surface area contributed by atoms with Crippen molar-refractivity contribution in [1.82, 2.24) is 5.32 Å². The van der Waals surface area contributed by atoms with Gasteiger partial charge in [-0.25, -0.2) is 8.78 Å². The van der Waals surface area contributed by atoms with Gasteiger partial charge in [0.05, 0.1) is 6.10 Å². The molecule has 0 saturated carbocycles. The highest BCUT2D eigenvalue weighted by molar-refractivity contribution is 7.99. The Balaban J connectivity index is 1.69. The van der Waals surface area contributed by atoms with Crippen LogP contribution >= 0.6 is 11.8 Å². The fourth-order valence-electron chi connectivity index (χ4n) is 2.95. The Labute approximate surface area is 122 Å². The molecule has 20 heavy (non-hydrogen) atoms. The first-order valence-electron chi connectivity index (χ1n) is 7.14. The average Bonchev–Trinajstić information content (AvgIpc) is 2.91. The second-order valence-electron chi connectivity index (χ2n) is 5.44. The van der Waals surface area contributed by atoms with Crippen molar-refractivity contribution in [3.8, 4) is 0 Å². The average molecular weight is 299 g/mol. The van der Waals surface area contributed by atoms with E-state index in [9.17, 15) is 8.78 Å². The van der Waals surface area contributed by atoms with Gasteiger partial charge in [0.25, 0.3) is 0 Å². The van der Waals surface area contributed by atoms with Gasteiger partial charge in [-0.15, -0.1) is 0 Å². The van der Waals surface area contributed by atoms with Gasteiger partial charge in [-0.2, -0.15) is 11.8 Å². The predicted molar refractivity (Wildman–Crippen MR) is 76.9 cm³/mol. The van der Waals surface area contributed by atoms with Gasteiger partial charge in [0.1, 0.15) is 0 Å². The van der Waals surface area contributed by atoms with Crippen molar-refractivity contribution in [2.45, 2.75) is 37.5 Å². The van der Waals surface area contributed by atoms with Crippen molar-refractivity contribution in [3.05, 3.63) is 35.4 Å². The van der Waals surface area contributed by atoms with Gasteiger partial charge in [0.2, 0.25) is 0 Å². The van der Waals surface area contributed by atoms with Gasteiger partial charge < -0.3 is 10.1 Å². The monoisotopic (exact) mass is 299 g/mol. The number of hydrogen-bond donors (Lipinski definition) is 1. The molecule has 0 aliphatic carbocycles. The van der Waals surface area contributed by atoms with E-state index in [0.717, 1.165) is 17.7 Å². The van der Waals surface area contributed by atoms with Crippen LogP contribution in [0.25, 0.3) is 0 Å². The molecule has 2 aliphatic heterocycles. The lowest BCUT2D eigenvalue weighted by atomic mass is 10.0. The first-order chi connectivity index (χ1) is 9.74. The van der Waals surface area contributed by atoms with Crippen LogP contribution in [0.4, 0.5) is 8.78 Å². The first-order valence-corrected chi connectivity index (χ1v) is 8.30. The molecule has 2 nitrogen and oxygen atoms in total. The molecule has 2 fully saturated rings. The molecule has 2 heterocycles. The molecular weight excluding hydrogens is 280 g/mol. The molecule has 0 spiro atoms. The maximum atomic E-state index is 13.4. The van der Waals surface area contributed by atoms with Gasteiger partial charge in [-0.3, -0.25) is 0 Å². The Morgan fingerprint density at radius 1 is 1.20 bits per heavy atom. The number of thioether (sulfide) groups is 1. The molecule has 1 aromatic carbocycles. The van der Waals surface area contributed by atoms with Crippen molar-refractivity contribution >= 4 is 11.8 Å². The van der Waals surface area contributed by atoms with Gasteiger partial charge >= 0.3 is 0 Å². The number of hydrogen-bond acceptors (Lipinski definition) is 3. The summed E-state index contributed by atoms with van der Waals surface area (Å²) >= 11 is 1.97. The molecule has 5 heteroatoms. The van der Waals surface area contributed by atoms with Crippen LogP contribution in [0.3, 0.4) is 0 Å². The molecule has 2 aliphatic rings. The Kier molecular flexibility index (Phi) is 4.58. The highest BCUT2D eigenvalue weighted by atomic mass is 32.2. The summed E-state index contributed by atoms with van der Waals surface area (Å²) in [7, 11) is 0. The molecule has 1 aromatic rings. The van der Waals surface area contributed by atoms with Gasteiger partial charge in [-0.1, -0.05) is 6.07 Å². The Hall–Kier alpha value is -0.650. The van der Waals surface area contributed by atoms with E-state index in [1.807, 2.05) is 11.8 Å². The summed E-state index contributed by atoms with van der Waals surface area (Å²) in [6.45, 7) is 0.668. The molecule has 110 valence electrons. The van der Waals surface area contributed by atoms with Crippen LogP contribution in [0, 0.1) is 11.6 Å². The molecule has 0 bridgehead atoms. The smallest absolute Gasteiger partial charge is 0.159 e. The SMILES string of the molecule is Fc1ccc([C@@H]2OCC[C@H]2N[C@@H]2CCCSC2)cc1F. The predicted octanol–water partition coefficient (Wildman–Crippen LogP) is 3.28. The number of rotatable bonds is 3. The lowest BCUT2D eigenvalue weighted by molar-refractivity contribution is 0.0962. The van der Waals surface area contributed by atoms with E-state index >= 15 is 0 Å². The third-order valence-corrected chi connectivity index (χ3v) is 5.19. The van der Waals surface area contributed by atoms with Crippen molar-refractivity contribution in [2.75, 3.05) is 18.1 Å². The molecule has 0 unspecified atom stereocenters. The second-order valence-corrected chi connectivity index (χ2v) is 6.59. The molecule has 0 amide bonds. The molecule has 2 saturated heterocycles. The maximum Gasteiger partial charge on any atom is 0.159 e. The summed E-state index contributed by atoms with van der Waals surface area (Å²) in [6, 6.07) is 4.77. The molecule has 0 radical (unpaired) electrons. The van der Waals surface area contributed by atoms with E-state index in [1.165, 1.54) is 30.7 Å². The van der Waals surface area contributed by atoms with Crippen molar-refractivity contribution < 1.29 is 13.5 Å². The van der Waals surface area contributed by atoms with E-state index in [2.05, 4.69) is 5.32 Å². The van der Waals surface area contributed by atoms with Crippen molar-refractivity contribution in [3.63, 3.8) is 0 Å². The van der Waals surface area contributed by atoms with E-state index < -0.39 is 11.6 Å². The zero-order chi connectivity index (χ0) is 13.9. The van der Waals surface area contributed by atoms with Gasteiger partial charge in [0, 0.05) is 24.4 Å². The molecule has 3 rings (SSSR count). The molecule has 1 N–H and O–H groups in total. The zero-order valence-electron chi connectivity index (χ0n) is 11.3. The standard InChI is InChI=1S/C15H19F2NOS/c16-12-4-3-10(8-13(12)17)15-14(5-6-19-15)18-11-2-1-7-20-9-11/h3-4,8,11,14-15,18H,1-2,5-7,9H2/t11-,14-,15+/m1/s1. The summed E-state index contributed by atoms with van der Waals surface area (Å²) in [4.78, 5) is 0. The minimum absolute atomic E-state index is 0.169. The Morgan fingerprint density at radius 3 is 2.85 bits per heavy atom. The van der Waals surface area contributed by atoms with Crippen LogP contribution in [0.2, 0.25) is 0 Å². The molecular formula is C15H19F2NOS. The fourth-order valence-corrected chi connectivity index (χ4v) is 4.04. The zero-order valence-corrected chi connectivity index (χ0v) is 12.1. The number of nitrogens with one attached hydrogen (secondary N) is 1. The van der Waals surface area contributed by atoms with E-state index in [4.69, 9.17) is 4.74 Å². The summed E-state index contributed by atoms with van der Waals surface area (Å²) in [5.41, 5.74) is 0.724. The summed E-state index contributed by atoms with van der Waals surface area (Å²) in [5, 5.41) is 3.64. The topological polar surface area (TPSA) is 21.3 Å². The van der Waals surface area contributed by atoms with Crippen molar-refractivity contribution in [1.29, 1.82) is 0 Å². The largest absolute Gasteiger partial charge is 0.372 e. The van der Waals surface area contributed by atoms with Crippen LogP contribution in [0.15, 0.2) is 18.2 Å². The van der Waals surface area contributed by atoms with Crippen LogP contribution in [0.1, 0.15) is 30.9 Å². The molecule has 0 aromatic heterocycles. The fraction of sp³-hybridized carbons (Fsp3) is 0.600. The minimum Gasteiger partial charge on any atom is -0.372 e. The summed E-state index contributed by atoms with van der Waals surface area (Å²) in [6.07, 6.45) is 3.18. The highest BCUT2D eigenvalue weighted by Gasteiger charge is 2.32. The summed E-state index contributed by atoms with van der Waals surface area (Å²) < 4.78 is 32.1. The van der Waals surface area contributed by atoms with E-state index in [-0.39, 0.29) is 12.1 Å². The lowest BCUT2D eigenvalue weighted by Gasteiger charge is -2.28. The van der Waals surface area contributed by atoms with Crippen LogP contribution < -0.4 is 5.32 Å². The third-order valence-electron chi connectivity index (χ3n) is 3.97. The number of benzene rings is 1. The van der Waals surface area contributed by atoms with Crippen LogP contribution in [-0.4, -0.2) is 30.2 Å². The Bertz CT molecular complexity index is 465. The third kappa shape index (κ3) is 3.15. The quantitative estimate of drug-likeness (QED) is 0.925. The number of ether oxygens (including phenoxy) is 1. The lowest BCUT2D eigenvalue weighted by Crippen LogP contribution is -2.42.